The van der Waals surface area contributed by atoms with Crippen LogP contribution in [0.15, 0.2) is 42.6 Å². The molecule has 2 heterocycles. The lowest BCUT2D eigenvalue weighted by atomic mass is 10.0. The third-order valence-corrected chi connectivity index (χ3v) is 4.55. The Morgan fingerprint density at radius 1 is 1.07 bits per heavy atom. The van der Waals surface area contributed by atoms with Gasteiger partial charge in [0.1, 0.15) is 5.82 Å². The number of aryl methyl sites for hydroxylation is 1. The highest BCUT2D eigenvalue weighted by Gasteiger charge is 2.16. The molecule has 0 saturated carbocycles. The van der Waals surface area contributed by atoms with Crippen LogP contribution in [0, 0.1) is 0 Å². The van der Waals surface area contributed by atoms with Crippen LogP contribution in [0.4, 0.5) is 0 Å². The molecule has 0 amide bonds. The van der Waals surface area contributed by atoms with Crippen LogP contribution in [-0.4, -0.2) is 36.6 Å². The molecule has 0 unspecified atom stereocenters. The number of carboxylic acid groups (broad SMARTS) is 1. The van der Waals surface area contributed by atoms with Crippen LogP contribution >= 0.6 is 0 Å². The molecule has 1 N–H and O–H groups in total. The molecule has 0 atom stereocenters. The van der Waals surface area contributed by atoms with Crippen LogP contribution in [0.25, 0.3) is 11.3 Å². The summed E-state index contributed by atoms with van der Waals surface area (Å²) in [6.45, 7) is 4.52. The van der Waals surface area contributed by atoms with E-state index in [1.807, 2.05) is 31.2 Å². The number of aromatic carboxylic acids is 1. The number of pyridine rings is 1. The quantitative estimate of drug-likeness (QED) is 0.552. The number of rotatable bonds is 9. The van der Waals surface area contributed by atoms with Crippen LogP contribution in [0.3, 0.4) is 0 Å². The maximum Gasteiger partial charge on any atom is 0.337 e. The lowest BCUT2D eigenvalue weighted by Gasteiger charge is -2.08. The number of carbonyl (C=O) groups is 2. The van der Waals surface area contributed by atoms with E-state index < -0.39 is 5.97 Å². The first-order valence-electron chi connectivity index (χ1n) is 9.78. The van der Waals surface area contributed by atoms with Crippen LogP contribution in [-0.2, 0) is 13.0 Å². The number of ketones is 1. The van der Waals surface area contributed by atoms with Crippen molar-refractivity contribution < 1.29 is 14.7 Å². The Balaban J connectivity index is 1.85. The molecule has 7 heteroatoms. The first-order valence-corrected chi connectivity index (χ1v) is 9.78. The van der Waals surface area contributed by atoms with E-state index in [0.29, 0.717) is 18.7 Å². The molecule has 0 aliphatic carbocycles. The van der Waals surface area contributed by atoms with Crippen molar-refractivity contribution in [3.63, 3.8) is 0 Å². The molecule has 0 bridgehead atoms. The number of benzene rings is 1. The van der Waals surface area contributed by atoms with Crippen molar-refractivity contribution in [2.75, 3.05) is 0 Å². The predicted octanol–water partition coefficient (Wildman–Crippen LogP) is 4.02. The van der Waals surface area contributed by atoms with Gasteiger partial charge in [-0.15, -0.1) is 5.10 Å². The van der Waals surface area contributed by atoms with Gasteiger partial charge in [-0.05, 0) is 30.5 Å². The molecule has 0 spiro atoms. The van der Waals surface area contributed by atoms with Gasteiger partial charge in [-0.3, -0.25) is 9.78 Å². The molecule has 0 aliphatic rings. The van der Waals surface area contributed by atoms with Gasteiger partial charge in [0.05, 0.1) is 17.8 Å². The average Bonchev–Trinajstić information content (AvgIpc) is 3.12. The molecule has 29 heavy (non-hydrogen) atoms. The Hall–Kier alpha value is -3.35. The second kappa shape index (κ2) is 9.23. The monoisotopic (exact) mass is 392 g/mol. The molecule has 1 aromatic carbocycles. The molecular weight excluding hydrogens is 368 g/mol. The van der Waals surface area contributed by atoms with Crippen LogP contribution in [0.5, 0.6) is 0 Å². The molecule has 3 aromatic rings. The van der Waals surface area contributed by atoms with Gasteiger partial charge in [-0.1, -0.05) is 38.1 Å². The Labute approximate surface area is 169 Å². The topological polar surface area (TPSA) is 98.0 Å². The van der Waals surface area contributed by atoms with Crippen molar-refractivity contribution in [2.45, 2.75) is 46.1 Å². The SMILES string of the molecule is CCCC(=O)c1nc(CCC)n(Cc2ccc(-c3ncccc3C(=O)O)cc2)n1. The summed E-state index contributed by atoms with van der Waals surface area (Å²) >= 11 is 0. The summed E-state index contributed by atoms with van der Waals surface area (Å²) in [6.07, 6.45) is 4.46. The number of carbonyl (C=O) groups excluding carboxylic acids is 1. The molecular formula is C22H24N4O3. The molecule has 7 nitrogen and oxygen atoms in total. The Bertz CT molecular complexity index is 1010. The summed E-state index contributed by atoms with van der Waals surface area (Å²) in [5.74, 6) is 0.0454. The Morgan fingerprint density at radius 2 is 1.83 bits per heavy atom. The Kier molecular flexibility index (Phi) is 6.49. The molecule has 0 saturated heterocycles. The van der Waals surface area contributed by atoms with Crippen molar-refractivity contribution in [1.82, 2.24) is 19.7 Å². The molecule has 3 rings (SSSR count). The fourth-order valence-corrected chi connectivity index (χ4v) is 3.12. The Morgan fingerprint density at radius 3 is 2.48 bits per heavy atom. The van der Waals surface area contributed by atoms with E-state index in [4.69, 9.17) is 0 Å². The highest BCUT2D eigenvalue weighted by molar-refractivity contribution is 5.94. The fourth-order valence-electron chi connectivity index (χ4n) is 3.12. The predicted molar refractivity (Wildman–Crippen MR) is 109 cm³/mol. The van der Waals surface area contributed by atoms with Gasteiger partial charge >= 0.3 is 5.97 Å². The largest absolute Gasteiger partial charge is 0.478 e. The summed E-state index contributed by atoms with van der Waals surface area (Å²) in [5, 5.41) is 13.8. The minimum atomic E-state index is -1.01. The zero-order valence-corrected chi connectivity index (χ0v) is 16.6. The zero-order chi connectivity index (χ0) is 20.8. The van der Waals surface area contributed by atoms with Gasteiger partial charge in [-0.25, -0.2) is 14.5 Å². The number of carboxylic acids is 1. The first kappa shape index (κ1) is 20.4. The second-order valence-electron chi connectivity index (χ2n) is 6.83. The van der Waals surface area contributed by atoms with E-state index in [-0.39, 0.29) is 17.2 Å². The molecule has 0 aliphatic heterocycles. The smallest absolute Gasteiger partial charge is 0.337 e. The summed E-state index contributed by atoms with van der Waals surface area (Å²) in [7, 11) is 0. The summed E-state index contributed by atoms with van der Waals surface area (Å²) < 4.78 is 1.78. The number of hydrogen-bond donors (Lipinski definition) is 1. The maximum atomic E-state index is 12.2. The number of hydrogen-bond acceptors (Lipinski definition) is 5. The molecule has 0 fully saturated rings. The zero-order valence-electron chi connectivity index (χ0n) is 16.6. The minimum absolute atomic E-state index is 0.0321. The number of Topliss-reactive ketones (excluding diaryl/α,β-unsaturated/α-hetero) is 1. The van der Waals surface area contributed by atoms with E-state index in [9.17, 15) is 14.7 Å². The van der Waals surface area contributed by atoms with Gasteiger partial charge < -0.3 is 5.11 Å². The minimum Gasteiger partial charge on any atom is -0.478 e. The van der Waals surface area contributed by atoms with Gasteiger partial charge in [0.15, 0.2) is 0 Å². The second-order valence-corrected chi connectivity index (χ2v) is 6.83. The van der Waals surface area contributed by atoms with Crippen LogP contribution < -0.4 is 0 Å². The molecule has 150 valence electrons. The van der Waals surface area contributed by atoms with Crippen molar-refractivity contribution in [2.24, 2.45) is 0 Å². The van der Waals surface area contributed by atoms with E-state index in [1.165, 1.54) is 0 Å². The van der Waals surface area contributed by atoms with E-state index in [1.54, 1.807) is 23.0 Å². The molecule has 2 aromatic heterocycles. The van der Waals surface area contributed by atoms with Crippen molar-refractivity contribution in [3.05, 3.63) is 65.4 Å². The highest BCUT2D eigenvalue weighted by atomic mass is 16.4. The summed E-state index contributed by atoms with van der Waals surface area (Å²) in [5.41, 5.74) is 2.32. The van der Waals surface area contributed by atoms with E-state index in [0.717, 1.165) is 36.2 Å². The van der Waals surface area contributed by atoms with E-state index in [2.05, 4.69) is 22.0 Å². The van der Waals surface area contributed by atoms with E-state index >= 15 is 0 Å². The van der Waals surface area contributed by atoms with Gasteiger partial charge in [0, 0.05) is 24.6 Å². The maximum absolute atomic E-state index is 12.2. The summed E-state index contributed by atoms with van der Waals surface area (Å²) in [6, 6.07) is 10.7. The standard InChI is InChI=1S/C22H24N4O3/c1-3-6-18(27)21-24-19(7-4-2)26(25-21)14-15-9-11-16(12-10-15)20-17(22(28)29)8-5-13-23-20/h5,8-13H,3-4,6-7,14H2,1-2H3,(H,28,29). The molecule has 0 radical (unpaired) electrons. The third-order valence-electron chi connectivity index (χ3n) is 4.55. The van der Waals surface area contributed by atoms with Crippen molar-refractivity contribution in [3.8, 4) is 11.3 Å². The van der Waals surface area contributed by atoms with Gasteiger partial charge in [0.25, 0.3) is 0 Å². The fraction of sp³-hybridized carbons (Fsp3) is 0.318. The van der Waals surface area contributed by atoms with Gasteiger partial charge in [-0.2, -0.15) is 0 Å². The average molecular weight is 392 g/mol. The van der Waals surface area contributed by atoms with Crippen LogP contribution in [0.1, 0.15) is 65.5 Å². The first-order chi connectivity index (χ1) is 14.0. The lowest BCUT2D eigenvalue weighted by Crippen LogP contribution is -2.08. The van der Waals surface area contributed by atoms with Gasteiger partial charge in [0.2, 0.25) is 11.6 Å². The number of nitrogens with zero attached hydrogens (tertiary/aromatic N) is 4. The van der Waals surface area contributed by atoms with Crippen molar-refractivity contribution >= 4 is 11.8 Å². The highest BCUT2D eigenvalue weighted by Crippen LogP contribution is 2.22. The normalized spacial score (nSPS) is 10.8. The number of aromatic nitrogens is 4. The summed E-state index contributed by atoms with van der Waals surface area (Å²) in [4.78, 5) is 32.2. The van der Waals surface area contributed by atoms with Crippen molar-refractivity contribution in [1.29, 1.82) is 0 Å². The lowest BCUT2D eigenvalue weighted by molar-refractivity contribution is 0.0697. The van der Waals surface area contributed by atoms with Crippen LogP contribution in [0.2, 0.25) is 0 Å². The third kappa shape index (κ3) is 4.74.